The lowest BCUT2D eigenvalue weighted by atomic mass is 10.1. The summed E-state index contributed by atoms with van der Waals surface area (Å²) < 4.78 is 27.3. The minimum atomic E-state index is -3.49. The van der Waals surface area contributed by atoms with Crippen LogP contribution in [0.25, 0.3) is 0 Å². The van der Waals surface area contributed by atoms with Gasteiger partial charge in [-0.3, -0.25) is 0 Å². The molecule has 1 heterocycles. The van der Waals surface area contributed by atoms with Gasteiger partial charge in [0, 0.05) is 19.1 Å². The van der Waals surface area contributed by atoms with Crippen LogP contribution >= 0.6 is 0 Å². The Kier molecular flexibility index (Phi) is 5.03. The molecule has 1 N–H and O–H groups in total. The van der Waals surface area contributed by atoms with E-state index in [2.05, 4.69) is 0 Å². The van der Waals surface area contributed by atoms with Gasteiger partial charge in [-0.15, -0.1) is 0 Å². The van der Waals surface area contributed by atoms with Gasteiger partial charge >= 0.3 is 0 Å². The minimum absolute atomic E-state index is 0.0280. The molecule has 2 rings (SSSR count). The fraction of sp³-hybridized carbons (Fsp3) is 0.600. The Morgan fingerprint density at radius 3 is 2.76 bits per heavy atom. The summed E-state index contributed by atoms with van der Waals surface area (Å²) in [5.74, 6) is 0. The van der Waals surface area contributed by atoms with Crippen LogP contribution < -0.4 is 0 Å². The zero-order valence-electron chi connectivity index (χ0n) is 12.9. The number of hydrogen-bond donors (Lipinski definition) is 1. The van der Waals surface area contributed by atoms with Gasteiger partial charge < -0.3 is 10.0 Å². The molecular formula is C15H24N2O3S. The molecule has 1 aliphatic heterocycles. The number of nitrogens with zero attached hydrogens (tertiary/aromatic N) is 2. The SMILES string of the molecule is CC(O)c1cccc(S(=O)(=O)N2CCCC2CN(C)C)c1. The molecule has 1 saturated heterocycles. The third kappa shape index (κ3) is 3.63. The Morgan fingerprint density at radius 2 is 2.14 bits per heavy atom. The zero-order valence-corrected chi connectivity index (χ0v) is 13.7. The monoisotopic (exact) mass is 312 g/mol. The van der Waals surface area contributed by atoms with Crippen LogP contribution in [0.5, 0.6) is 0 Å². The number of hydrogen-bond acceptors (Lipinski definition) is 4. The Morgan fingerprint density at radius 1 is 1.43 bits per heavy atom. The highest BCUT2D eigenvalue weighted by atomic mass is 32.2. The smallest absolute Gasteiger partial charge is 0.243 e. The van der Waals surface area contributed by atoms with Gasteiger partial charge in [-0.25, -0.2) is 8.42 Å². The molecule has 21 heavy (non-hydrogen) atoms. The third-order valence-corrected chi connectivity index (χ3v) is 5.79. The quantitative estimate of drug-likeness (QED) is 0.894. The fourth-order valence-corrected chi connectivity index (χ4v) is 4.54. The molecule has 6 heteroatoms. The van der Waals surface area contributed by atoms with Gasteiger partial charge in [0.05, 0.1) is 11.0 Å². The normalized spacial score (nSPS) is 21.9. The number of sulfonamides is 1. The van der Waals surface area contributed by atoms with Crippen molar-refractivity contribution >= 4 is 10.0 Å². The van der Waals surface area contributed by atoms with E-state index in [1.807, 2.05) is 19.0 Å². The Hall–Kier alpha value is -0.950. The van der Waals surface area contributed by atoms with Gasteiger partial charge in [0.15, 0.2) is 0 Å². The van der Waals surface area contributed by atoms with Crippen molar-refractivity contribution in [1.29, 1.82) is 0 Å². The van der Waals surface area contributed by atoms with Crippen molar-refractivity contribution in [2.24, 2.45) is 0 Å². The van der Waals surface area contributed by atoms with E-state index in [0.717, 1.165) is 19.4 Å². The summed E-state index contributed by atoms with van der Waals surface area (Å²) in [4.78, 5) is 2.29. The molecule has 0 aromatic heterocycles. The number of aliphatic hydroxyl groups is 1. The van der Waals surface area contributed by atoms with E-state index in [-0.39, 0.29) is 10.9 Å². The predicted octanol–water partition coefficient (Wildman–Crippen LogP) is 1.45. The molecule has 5 nitrogen and oxygen atoms in total. The van der Waals surface area contributed by atoms with E-state index >= 15 is 0 Å². The minimum Gasteiger partial charge on any atom is -0.389 e. The van der Waals surface area contributed by atoms with E-state index in [1.165, 1.54) is 0 Å². The number of likely N-dealkylation sites (N-methyl/N-ethyl adjacent to an activating group) is 1. The molecule has 1 aromatic carbocycles. The molecule has 0 bridgehead atoms. The maximum Gasteiger partial charge on any atom is 0.243 e. The lowest BCUT2D eigenvalue weighted by Crippen LogP contribution is -2.41. The van der Waals surface area contributed by atoms with Gasteiger partial charge in [0.1, 0.15) is 0 Å². The van der Waals surface area contributed by atoms with Gasteiger partial charge in [-0.05, 0) is 51.6 Å². The molecule has 0 saturated carbocycles. The lowest BCUT2D eigenvalue weighted by molar-refractivity contribution is 0.199. The summed E-state index contributed by atoms with van der Waals surface area (Å²) in [5.41, 5.74) is 0.624. The number of aliphatic hydroxyl groups excluding tert-OH is 1. The maximum absolute atomic E-state index is 12.8. The van der Waals surface area contributed by atoms with Crippen molar-refractivity contribution in [3.05, 3.63) is 29.8 Å². The second kappa shape index (κ2) is 6.44. The van der Waals surface area contributed by atoms with Crippen molar-refractivity contribution in [1.82, 2.24) is 9.21 Å². The predicted molar refractivity (Wildman–Crippen MR) is 82.5 cm³/mol. The molecule has 1 aliphatic rings. The number of rotatable bonds is 5. The summed E-state index contributed by atoms with van der Waals surface area (Å²) in [6.07, 6.45) is 1.12. The zero-order chi connectivity index (χ0) is 15.6. The highest BCUT2D eigenvalue weighted by molar-refractivity contribution is 7.89. The number of benzene rings is 1. The van der Waals surface area contributed by atoms with Crippen molar-refractivity contribution in [2.75, 3.05) is 27.2 Å². The largest absolute Gasteiger partial charge is 0.389 e. The maximum atomic E-state index is 12.8. The van der Waals surface area contributed by atoms with Gasteiger partial charge in [-0.2, -0.15) is 4.31 Å². The van der Waals surface area contributed by atoms with Gasteiger partial charge in [0.2, 0.25) is 10.0 Å². The second-order valence-corrected chi connectivity index (χ2v) is 7.81. The first-order valence-electron chi connectivity index (χ1n) is 7.27. The molecule has 0 amide bonds. The van der Waals surface area contributed by atoms with E-state index in [0.29, 0.717) is 12.1 Å². The summed E-state index contributed by atoms with van der Waals surface area (Å²) in [7, 11) is 0.417. The summed E-state index contributed by atoms with van der Waals surface area (Å²) in [6.45, 7) is 2.94. The van der Waals surface area contributed by atoms with E-state index in [1.54, 1.807) is 35.5 Å². The molecule has 2 atom stereocenters. The summed E-state index contributed by atoms with van der Waals surface area (Å²) in [6, 6.07) is 6.63. The van der Waals surface area contributed by atoms with Crippen LogP contribution in [0.15, 0.2) is 29.2 Å². The van der Waals surface area contributed by atoms with Gasteiger partial charge in [-0.1, -0.05) is 12.1 Å². The van der Waals surface area contributed by atoms with Crippen LogP contribution in [0, 0.1) is 0 Å². The molecule has 0 spiro atoms. The van der Waals surface area contributed by atoms with Crippen molar-refractivity contribution < 1.29 is 13.5 Å². The molecule has 1 aromatic rings. The van der Waals surface area contributed by atoms with E-state index < -0.39 is 16.1 Å². The summed E-state index contributed by atoms with van der Waals surface area (Å²) in [5, 5.41) is 9.64. The standard InChI is InChI=1S/C15H24N2O3S/c1-12(18)13-6-4-8-15(10-13)21(19,20)17-9-5-7-14(17)11-16(2)3/h4,6,8,10,12,14,18H,5,7,9,11H2,1-3H3. The first-order valence-corrected chi connectivity index (χ1v) is 8.71. The van der Waals surface area contributed by atoms with Crippen LogP contribution in [0.2, 0.25) is 0 Å². The van der Waals surface area contributed by atoms with Crippen molar-refractivity contribution in [3.8, 4) is 0 Å². The van der Waals surface area contributed by atoms with Crippen LogP contribution in [0.3, 0.4) is 0 Å². The summed E-state index contributed by atoms with van der Waals surface area (Å²) >= 11 is 0. The first kappa shape index (κ1) is 16.4. The molecule has 118 valence electrons. The Labute approximate surface area is 127 Å². The fourth-order valence-electron chi connectivity index (χ4n) is 2.80. The van der Waals surface area contributed by atoms with Gasteiger partial charge in [0.25, 0.3) is 0 Å². The third-order valence-electron chi connectivity index (χ3n) is 3.85. The van der Waals surface area contributed by atoms with E-state index in [9.17, 15) is 13.5 Å². The highest BCUT2D eigenvalue weighted by Crippen LogP contribution is 2.27. The van der Waals surface area contributed by atoms with Crippen LogP contribution in [0.4, 0.5) is 0 Å². The Balaban J connectivity index is 2.30. The van der Waals surface area contributed by atoms with Crippen LogP contribution in [0.1, 0.15) is 31.4 Å². The van der Waals surface area contributed by atoms with E-state index in [4.69, 9.17) is 0 Å². The molecule has 0 aliphatic carbocycles. The van der Waals surface area contributed by atoms with Crippen LogP contribution in [-0.2, 0) is 10.0 Å². The first-order chi connectivity index (χ1) is 9.82. The Bertz CT molecular complexity index is 584. The van der Waals surface area contributed by atoms with Crippen LogP contribution in [-0.4, -0.2) is 56.0 Å². The molecule has 1 fully saturated rings. The van der Waals surface area contributed by atoms with Crippen molar-refractivity contribution in [3.63, 3.8) is 0 Å². The average Bonchev–Trinajstić information content (AvgIpc) is 2.86. The van der Waals surface area contributed by atoms with Crippen molar-refractivity contribution in [2.45, 2.75) is 36.8 Å². The lowest BCUT2D eigenvalue weighted by Gasteiger charge is -2.26. The highest BCUT2D eigenvalue weighted by Gasteiger charge is 2.35. The second-order valence-electron chi connectivity index (χ2n) is 5.92. The molecule has 0 radical (unpaired) electrons. The topological polar surface area (TPSA) is 60.9 Å². The molecule has 2 unspecified atom stereocenters. The molecular weight excluding hydrogens is 288 g/mol. The average molecular weight is 312 g/mol.